The molecule has 0 bridgehead atoms. The second kappa shape index (κ2) is 14.9. The van der Waals surface area contributed by atoms with Crippen LogP contribution in [0.15, 0.2) is 61.2 Å². The number of anilines is 1. The largest absolute Gasteiger partial charge is 0.460 e. The van der Waals surface area contributed by atoms with Gasteiger partial charge in [0, 0.05) is 54.9 Å². The van der Waals surface area contributed by atoms with E-state index in [1.54, 1.807) is 0 Å². The van der Waals surface area contributed by atoms with Gasteiger partial charge in [-0.15, -0.1) is 0 Å². The van der Waals surface area contributed by atoms with Gasteiger partial charge >= 0.3 is 11.9 Å². The molecule has 5 saturated carbocycles. The number of carbonyl (C=O) groups excluding carboxylic acids is 2. The molecule has 2 aromatic heterocycles. The van der Waals surface area contributed by atoms with E-state index in [-0.39, 0.29) is 58.2 Å². The Hall–Kier alpha value is -3.22. The van der Waals surface area contributed by atoms with Gasteiger partial charge in [0.25, 0.3) is 0 Å². The summed E-state index contributed by atoms with van der Waals surface area (Å²) < 4.78 is 16.6. The van der Waals surface area contributed by atoms with E-state index in [9.17, 15) is 9.59 Å². The third kappa shape index (κ3) is 6.83. The molecule has 0 saturated heterocycles. The summed E-state index contributed by atoms with van der Waals surface area (Å²) in [7, 11) is 4.05. The van der Waals surface area contributed by atoms with Crippen molar-refractivity contribution in [1.82, 2.24) is 0 Å². The Kier molecular flexibility index (Phi) is 10.9. The van der Waals surface area contributed by atoms with Gasteiger partial charge in [-0.1, -0.05) is 60.6 Å². The summed E-state index contributed by atoms with van der Waals surface area (Å²) in [6, 6.07) is 8.31. The minimum Gasteiger partial charge on any atom is -0.460 e. The van der Waals surface area contributed by atoms with Crippen LogP contribution in [0, 0.1) is 56.7 Å². The van der Waals surface area contributed by atoms with Gasteiger partial charge in [0.2, 0.25) is 13.1 Å². The molecule has 7 heteroatoms. The first-order valence-electron chi connectivity index (χ1n) is 22.0. The normalized spacial score (nSPS) is 37.1. The topological polar surface area (TPSA) is 63.6 Å². The fourth-order valence-electron chi connectivity index (χ4n) is 14.3. The Morgan fingerprint density at radius 2 is 1.43 bits per heavy atom. The predicted molar refractivity (Wildman–Crippen MR) is 221 cm³/mol. The number of allylic oxidation sites excluding steroid dienone is 1. The highest BCUT2D eigenvalue weighted by Gasteiger charge is 2.71. The van der Waals surface area contributed by atoms with Crippen molar-refractivity contribution in [2.24, 2.45) is 56.7 Å². The number of hydrogen-bond acceptors (Lipinski definition) is 5. The molecular formula is C49H73N3O4+2. The molecule has 0 N–H and O–H groups in total. The quantitative estimate of drug-likeness (QED) is 0.137. The molecule has 5 aliphatic rings. The fraction of sp³-hybridized carbons (Fsp3) is 0.714. The van der Waals surface area contributed by atoms with Crippen LogP contribution in [0.3, 0.4) is 0 Å². The van der Waals surface area contributed by atoms with Crippen molar-refractivity contribution in [1.29, 1.82) is 0 Å². The van der Waals surface area contributed by atoms with Crippen LogP contribution in [0.25, 0.3) is 0 Å². The molecule has 7 rings (SSSR count). The maximum atomic E-state index is 13.4. The Morgan fingerprint density at radius 3 is 2.05 bits per heavy atom. The van der Waals surface area contributed by atoms with E-state index in [0.29, 0.717) is 42.1 Å². The first-order valence-corrected chi connectivity index (χ1v) is 22.0. The van der Waals surface area contributed by atoms with Crippen LogP contribution in [-0.2, 0) is 32.2 Å². The molecule has 5 aliphatic carbocycles. The highest BCUT2D eigenvalue weighted by molar-refractivity contribution is 5.68. The lowest BCUT2D eigenvalue weighted by Gasteiger charge is -2.73. The number of ether oxygens (including phenoxy) is 2. The van der Waals surface area contributed by atoms with Crippen molar-refractivity contribution < 1.29 is 28.2 Å². The molecule has 10 atom stereocenters. The van der Waals surface area contributed by atoms with E-state index < -0.39 is 0 Å². The molecular weight excluding hydrogens is 695 g/mol. The van der Waals surface area contributed by atoms with Gasteiger partial charge in [0.15, 0.2) is 24.8 Å². The highest BCUT2D eigenvalue weighted by Crippen LogP contribution is 2.77. The number of rotatable bonds is 10. The lowest BCUT2D eigenvalue weighted by Crippen LogP contribution is -2.67. The van der Waals surface area contributed by atoms with Gasteiger partial charge in [-0.3, -0.25) is 0 Å². The van der Waals surface area contributed by atoms with E-state index >= 15 is 0 Å². The first-order chi connectivity index (χ1) is 26.3. The smallest absolute Gasteiger partial charge is 0.372 e. The van der Waals surface area contributed by atoms with Crippen LogP contribution in [0.2, 0.25) is 0 Å². The molecule has 0 aromatic carbocycles. The number of hydrogen-bond donors (Lipinski definition) is 0. The Labute approximate surface area is 338 Å². The zero-order valence-electron chi connectivity index (χ0n) is 36.5. The predicted octanol–water partition coefficient (Wildman–Crippen LogP) is 9.26. The van der Waals surface area contributed by atoms with Crippen molar-refractivity contribution in [3.8, 4) is 0 Å². The SMILES string of the molecule is C=C(C)[C@@H]1CC[C@]2(COC(=O)C[n+]3ccc(N(C)C)cc3)CC[C@]3(C)C(CCC4[C@@]5(C)CC[C@H](OC(=O)C[n+]6ccc(C(C)C)cc6)C(C)(C)C5CC[C@]43C)C12. The Balaban J connectivity index is 1.06. The fourth-order valence-corrected chi connectivity index (χ4v) is 14.3. The van der Waals surface area contributed by atoms with E-state index in [4.69, 9.17) is 9.47 Å². The standard InChI is InChI=1S/C49H73N3O4/c1-33(2)35-17-26-51(27-18-35)31-43(54)56-41-16-21-46(7)39(45(41,5)6)15-22-48(9)40(46)13-12-38-44-37(34(3)4)14-23-49(44,25-24-47(38,48)8)32-55-42(53)30-52-28-19-36(20-29-52)50(10)11/h17-20,26-29,33,37-41,44H,3,12-16,21-25,30-32H2,1-2,4-11H3/q+2/t37-,38?,39?,40?,41-,44?,46-,47+,48+,49+/m0/s1. The second-order valence-electron chi connectivity index (χ2n) is 21.1. The highest BCUT2D eigenvalue weighted by atomic mass is 16.5. The van der Waals surface area contributed by atoms with Gasteiger partial charge in [0.05, 0.1) is 6.61 Å². The zero-order chi connectivity index (χ0) is 40.4. The number of fused-ring (bicyclic) bond motifs is 7. The number of nitrogens with zero attached hydrogens (tertiary/aromatic N) is 3. The van der Waals surface area contributed by atoms with Crippen LogP contribution in [0.4, 0.5) is 5.69 Å². The minimum absolute atomic E-state index is 0.0197. The summed E-state index contributed by atoms with van der Waals surface area (Å²) >= 11 is 0. The van der Waals surface area contributed by atoms with Gasteiger partial charge in [0.1, 0.15) is 6.10 Å². The van der Waals surface area contributed by atoms with Crippen LogP contribution in [-0.4, -0.2) is 38.7 Å². The van der Waals surface area contributed by atoms with Crippen LogP contribution in [0.5, 0.6) is 0 Å². The van der Waals surface area contributed by atoms with Crippen molar-refractivity contribution >= 4 is 17.6 Å². The molecule has 2 aromatic rings. The van der Waals surface area contributed by atoms with E-state index in [1.165, 1.54) is 43.2 Å². The summed E-state index contributed by atoms with van der Waals surface area (Å²) in [5, 5.41) is 0. The second-order valence-corrected chi connectivity index (χ2v) is 21.1. The summed E-state index contributed by atoms with van der Waals surface area (Å²) in [5.74, 6) is 2.90. The molecule has 0 amide bonds. The van der Waals surface area contributed by atoms with Crippen molar-refractivity contribution in [2.75, 3.05) is 25.6 Å². The average Bonchev–Trinajstić information content (AvgIpc) is 3.53. The lowest BCUT2D eigenvalue weighted by molar-refractivity contribution is -0.686. The maximum absolute atomic E-state index is 13.4. The molecule has 0 spiro atoms. The number of carbonyl (C=O) groups is 2. The van der Waals surface area contributed by atoms with E-state index in [2.05, 4.69) is 79.0 Å². The summed E-state index contributed by atoms with van der Waals surface area (Å²) in [6.45, 7) is 25.0. The monoisotopic (exact) mass is 768 g/mol. The molecule has 56 heavy (non-hydrogen) atoms. The third-order valence-corrected chi connectivity index (χ3v) is 17.6. The van der Waals surface area contributed by atoms with Crippen molar-refractivity contribution in [3.63, 3.8) is 0 Å². The van der Waals surface area contributed by atoms with Gasteiger partial charge in [-0.2, -0.15) is 9.13 Å². The summed E-state index contributed by atoms with van der Waals surface area (Å²) in [4.78, 5) is 28.9. The number of esters is 2. The van der Waals surface area contributed by atoms with Crippen LogP contribution in [0.1, 0.15) is 131 Å². The van der Waals surface area contributed by atoms with E-state index in [0.717, 1.165) is 37.8 Å². The molecule has 4 unspecified atom stereocenters. The third-order valence-electron chi connectivity index (χ3n) is 17.6. The number of aromatic nitrogens is 2. The van der Waals surface area contributed by atoms with Crippen LogP contribution < -0.4 is 14.0 Å². The molecule has 0 aliphatic heterocycles. The first kappa shape index (κ1) is 41.0. The van der Waals surface area contributed by atoms with Gasteiger partial charge in [-0.05, 0) is 128 Å². The van der Waals surface area contributed by atoms with Crippen molar-refractivity contribution in [3.05, 3.63) is 66.8 Å². The summed E-state index contributed by atoms with van der Waals surface area (Å²) in [5.41, 5.74) is 4.26. The molecule has 0 radical (unpaired) electrons. The average molecular weight is 768 g/mol. The lowest BCUT2D eigenvalue weighted by atomic mass is 9.32. The minimum atomic E-state index is -0.141. The molecule has 306 valence electrons. The number of pyridine rings is 2. The summed E-state index contributed by atoms with van der Waals surface area (Å²) in [6.07, 6.45) is 19.4. The van der Waals surface area contributed by atoms with Crippen molar-refractivity contribution in [2.45, 2.75) is 145 Å². The molecule has 2 heterocycles. The van der Waals surface area contributed by atoms with Gasteiger partial charge < -0.3 is 14.4 Å². The Morgan fingerprint density at radius 1 is 0.786 bits per heavy atom. The van der Waals surface area contributed by atoms with E-state index in [1.807, 2.05) is 60.1 Å². The zero-order valence-corrected chi connectivity index (χ0v) is 36.5. The van der Waals surface area contributed by atoms with Crippen LogP contribution >= 0.6 is 0 Å². The molecule has 5 fully saturated rings. The Bertz CT molecular complexity index is 1780. The van der Waals surface area contributed by atoms with Gasteiger partial charge in [-0.25, -0.2) is 9.59 Å². The molecule has 7 nitrogen and oxygen atoms in total. The maximum Gasteiger partial charge on any atom is 0.372 e.